The lowest BCUT2D eigenvalue weighted by Crippen LogP contribution is -2.03. The molecule has 3 aromatic rings. The Morgan fingerprint density at radius 2 is 2.06 bits per heavy atom. The molecule has 6 heteroatoms. The second-order valence-corrected chi connectivity index (χ2v) is 4.10. The summed E-state index contributed by atoms with van der Waals surface area (Å²) < 4.78 is 1.65. The van der Waals surface area contributed by atoms with E-state index in [1.54, 1.807) is 4.52 Å². The number of rotatable bonds is 2. The zero-order valence-corrected chi connectivity index (χ0v) is 10.1. The van der Waals surface area contributed by atoms with Gasteiger partial charge in [-0.15, -0.1) is 0 Å². The molecule has 90 valence electrons. The van der Waals surface area contributed by atoms with Crippen LogP contribution in [0.15, 0.2) is 30.7 Å². The molecular formula is C12H12N6. The van der Waals surface area contributed by atoms with Crippen LogP contribution in [0, 0.1) is 13.8 Å². The molecule has 0 atom stereocenters. The predicted octanol–water partition coefficient (Wildman–Crippen LogP) is 1.88. The first kappa shape index (κ1) is 10.6. The van der Waals surface area contributed by atoms with Crippen LogP contribution in [-0.4, -0.2) is 24.6 Å². The van der Waals surface area contributed by atoms with Crippen LogP contribution in [0.3, 0.4) is 0 Å². The van der Waals surface area contributed by atoms with Gasteiger partial charge in [0.2, 0.25) is 0 Å². The Morgan fingerprint density at radius 1 is 1.17 bits per heavy atom. The number of anilines is 2. The third-order valence-corrected chi connectivity index (χ3v) is 2.55. The molecule has 0 amide bonds. The predicted molar refractivity (Wildman–Crippen MR) is 67.8 cm³/mol. The Balaban J connectivity index is 2.03. The smallest absolute Gasteiger partial charge is 0.254 e. The van der Waals surface area contributed by atoms with Crippen LogP contribution in [0.5, 0.6) is 0 Å². The van der Waals surface area contributed by atoms with Gasteiger partial charge in [0.1, 0.15) is 18.0 Å². The minimum absolute atomic E-state index is 0.574. The number of aromatic nitrogens is 5. The van der Waals surface area contributed by atoms with Gasteiger partial charge in [0, 0.05) is 18.0 Å². The fourth-order valence-electron chi connectivity index (χ4n) is 1.69. The second-order valence-electron chi connectivity index (χ2n) is 4.10. The SMILES string of the molecule is Cc1ccc(Nc2cc(C)nc3ncnn23)nc1. The first-order valence-corrected chi connectivity index (χ1v) is 5.59. The van der Waals surface area contributed by atoms with Gasteiger partial charge in [-0.3, -0.25) is 0 Å². The van der Waals surface area contributed by atoms with Crippen LogP contribution >= 0.6 is 0 Å². The van der Waals surface area contributed by atoms with Crippen LogP contribution in [0.4, 0.5) is 11.6 Å². The maximum absolute atomic E-state index is 4.30. The lowest BCUT2D eigenvalue weighted by atomic mass is 10.3. The Labute approximate surface area is 104 Å². The monoisotopic (exact) mass is 240 g/mol. The van der Waals surface area contributed by atoms with Gasteiger partial charge < -0.3 is 5.32 Å². The van der Waals surface area contributed by atoms with Crippen molar-refractivity contribution < 1.29 is 0 Å². The molecule has 1 N–H and O–H groups in total. The fraction of sp³-hybridized carbons (Fsp3) is 0.167. The molecule has 0 spiro atoms. The van der Waals surface area contributed by atoms with E-state index in [1.165, 1.54) is 6.33 Å². The van der Waals surface area contributed by atoms with Crippen LogP contribution < -0.4 is 5.32 Å². The molecule has 0 saturated heterocycles. The third-order valence-electron chi connectivity index (χ3n) is 2.55. The van der Waals surface area contributed by atoms with E-state index in [0.717, 1.165) is 22.9 Å². The summed E-state index contributed by atoms with van der Waals surface area (Å²) in [7, 11) is 0. The Kier molecular flexibility index (Phi) is 2.40. The average Bonchev–Trinajstić information content (AvgIpc) is 2.80. The molecule has 3 rings (SSSR count). The molecular weight excluding hydrogens is 228 g/mol. The Morgan fingerprint density at radius 3 is 2.83 bits per heavy atom. The summed E-state index contributed by atoms with van der Waals surface area (Å²) in [6.07, 6.45) is 3.30. The van der Waals surface area contributed by atoms with Crippen molar-refractivity contribution in [1.82, 2.24) is 24.6 Å². The molecule has 6 nitrogen and oxygen atoms in total. The van der Waals surface area contributed by atoms with E-state index in [4.69, 9.17) is 0 Å². The fourth-order valence-corrected chi connectivity index (χ4v) is 1.69. The molecule has 3 heterocycles. The van der Waals surface area contributed by atoms with Crippen LogP contribution in [0.2, 0.25) is 0 Å². The quantitative estimate of drug-likeness (QED) is 0.740. The van der Waals surface area contributed by atoms with E-state index in [9.17, 15) is 0 Å². The standard InChI is InChI=1S/C12H12N6/c1-8-3-4-10(13-6-8)17-11-5-9(2)16-12-14-7-15-18(11)12/h3-7H,1-2H3,(H,13,17). The molecule has 0 aliphatic heterocycles. The summed E-state index contributed by atoms with van der Waals surface area (Å²) in [4.78, 5) is 12.7. The van der Waals surface area contributed by atoms with Gasteiger partial charge >= 0.3 is 0 Å². The van der Waals surface area contributed by atoms with E-state index < -0.39 is 0 Å². The normalized spacial score (nSPS) is 10.8. The van der Waals surface area contributed by atoms with Crippen molar-refractivity contribution in [3.05, 3.63) is 42.0 Å². The first-order chi connectivity index (χ1) is 8.72. The zero-order chi connectivity index (χ0) is 12.5. The van der Waals surface area contributed by atoms with Gasteiger partial charge in [-0.05, 0) is 25.5 Å². The molecule has 0 fully saturated rings. The van der Waals surface area contributed by atoms with Crippen LogP contribution in [-0.2, 0) is 0 Å². The number of nitrogens with zero attached hydrogens (tertiary/aromatic N) is 5. The van der Waals surface area contributed by atoms with E-state index in [1.807, 2.05) is 38.2 Å². The van der Waals surface area contributed by atoms with Gasteiger partial charge in [-0.1, -0.05) is 6.07 Å². The maximum atomic E-state index is 4.30. The minimum Gasteiger partial charge on any atom is -0.325 e. The molecule has 0 bridgehead atoms. The van der Waals surface area contributed by atoms with Crippen molar-refractivity contribution in [3.8, 4) is 0 Å². The molecule has 0 aliphatic rings. The number of nitrogens with one attached hydrogen (secondary N) is 1. The second kappa shape index (κ2) is 4.06. The lowest BCUT2D eigenvalue weighted by Gasteiger charge is -2.07. The topological polar surface area (TPSA) is 68.0 Å². The van der Waals surface area contributed by atoms with Crippen molar-refractivity contribution in [3.63, 3.8) is 0 Å². The Hall–Kier alpha value is -2.50. The van der Waals surface area contributed by atoms with Gasteiger partial charge in [0.25, 0.3) is 5.78 Å². The van der Waals surface area contributed by atoms with Crippen molar-refractivity contribution in [2.75, 3.05) is 5.32 Å². The number of aryl methyl sites for hydroxylation is 2. The number of hydrogen-bond donors (Lipinski definition) is 1. The summed E-state index contributed by atoms with van der Waals surface area (Å²) in [6, 6.07) is 5.83. The summed E-state index contributed by atoms with van der Waals surface area (Å²) in [5, 5.41) is 7.34. The molecule has 0 aliphatic carbocycles. The highest BCUT2D eigenvalue weighted by molar-refractivity contribution is 5.55. The van der Waals surface area contributed by atoms with Gasteiger partial charge in [-0.2, -0.15) is 14.6 Å². The first-order valence-electron chi connectivity index (χ1n) is 5.59. The highest BCUT2D eigenvalue weighted by Gasteiger charge is 2.05. The summed E-state index contributed by atoms with van der Waals surface area (Å²) in [6.45, 7) is 3.92. The summed E-state index contributed by atoms with van der Waals surface area (Å²) in [5.41, 5.74) is 2.00. The van der Waals surface area contributed by atoms with Crippen molar-refractivity contribution >= 4 is 17.4 Å². The summed E-state index contributed by atoms with van der Waals surface area (Å²) >= 11 is 0. The lowest BCUT2D eigenvalue weighted by molar-refractivity contribution is 0.935. The third kappa shape index (κ3) is 1.88. The molecule has 0 aromatic carbocycles. The van der Waals surface area contributed by atoms with Gasteiger partial charge in [-0.25, -0.2) is 9.97 Å². The number of fused-ring (bicyclic) bond motifs is 1. The van der Waals surface area contributed by atoms with E-state index in [-0.39, 0.29) is 0 Å². The number of hydrogen-bond acceptors (Lipinski definition) is 5. The number of pyridine rings is 1. The van der Waals surface area contributed by atoms with E-state index in [0.29, 0.717) is 5.78 Å². The summed E-state index contributed by atoms with van der Waals surface area (Å²) in [5.74, 6) is 2.14. The van der Waals surface area contributed by atoms with Gasteiger partial charge in [0.15, 0.2) is 0 Å². The van der Waals surface area contributed by atoms with Gasteiger partial charge in [0.05, 0.1) is 0 Å². The minimum atomic E-state index is 0.574. The van der Waals surface area contributed by atoms with E-state index in [2.05, 4.69) is 25.4 Å². The maximum Gasteiger partial charge on any atom is 0.254 e. The molecule has 18 heavy (non-hydrogen) atoms. The van der Waals surface area contributed by atoms with E-state index >= 15 is 0 Å². The van der Waals surface area contributed by atoms with Crippen molar-refractivity contribution in [2.45, 2.75) is 13.8 Å². The van der Waals surface area contributed by atoms with Crippen LogP contribution in [0.25, 0.3) is 5.78 Å². The molecule has 3 aromatic heterocycles. The highest BCUT2D eigenvalue weighted by Crippen LogP contribution is 2.15. The highest BCUT2D eigenvalue weighted by atomic mass is 15.4. The molecule has 0 radical (unpaired) electrons. The molecule has 0 saturated carbocycles. The largest absolute Gasteiger partial charge is 0.325 e. The van der Waals surface area contributed by atoms with Crippen molar-refractivity contribution in [2.24, 2.45) is 0 Å². The average molecular weight is 240 g/mol. The zero-order valence-electron chi connectivity index (χ0n) is 10.1. The van der Waals surface area contributed by atoms with Crippen molar-refractivity contribution in [1.29, 1.82) is 0 Å². The molecule has 0 unspecified atom stereocenters. The van der Waals surface area contributed by atoms with Crippen LogP contribution in [0.1, 0.15) is 11.3 Å². The Bertz CT molecular complexity index is 685.